The van der Waals surface area contributed by atoms with Gasteiger partial charge >= 0.3 is 0 Å². The van der Waals surface area contributed by atoms with E-state index < -0.39 is 14.9 Å². The van der Waals surface area contributed by atoms with Crippen LogP contribution in [0.3, 0.4) is 0 Å². The molecule has 4 aromatic rings. The van der Waals surface area contributed by atoms with Crippen molar-refractivity contribution in [2.75, 3.05) is 48.3 Å². The number of H-pyrrole nitrogens is 1. The van der Waals surface area contributed by atoms with Crippen LogP contribution in [-0.4, -0.2) is 61.0 Å². The molecule has 0 bridgehead atoms. The zero-order chi connectivity index (χ0) is 26.9. The van der Waals surface area contributed by atoms with Gasteiger partial charge in [-0.3, -0.25) is 0 Å². The molecular formula is C26H31FN8O2S. The third-order valence-corrected chi connectivity index (χ3v) is 8.51. The summed E-state index contributed by atoms with van der Waals surface area (Å²) in [7, 11) is -4.12. The quantitative estimate of drug-likeness (QED) is 0.268. The average molecular weight is 539 g/mol. The average Bonchev–Trinajstić information content (AvgIpc) is 3.38. The van der Waals surface area contributed by atoms with Crippen molar-refractivity contribution in [3.8, 4) is 0 Å². The van der Waals surface area contributed by atoms with Crippen LogP contribution in [0.25, 0.3) is 11.0 Å². The number of piperazine rings is 1. The third-order valence-electron chi connectivity index (χ3n) is 7.03. The van der Waals surface area contributed by atoms with E-state index in [0.29, 0.717) is 28.0 Å². The first-order chi connectivity index (χ1) is 18.2. The van der Waals surface area contributed by atoms with Crippen LogP contribution >= 0.6 is 0 Å². The Balaban J connectivity index is 1.44. The van der Waals surface area contributed by atoms with Crippen LogP contribution in [0.2, 0.25) is 0 Å². The van der Waals surface area contributed by atoms with Crippen LogP contribution in [0.4, 0.5) is 27.5 Å². The standard InChI is InChI=1S/C26H31FN8O2S/c1-3-34-13-15-35(16-14-34)22-10-9-19(17-21(22)27)30-25-31-23-20(11-12-29-23)24(32-25)33-26(2,38(28,36)37)18-7-5-4-6-8-18/h4-12,17H,3,13-16H2,1-2H3,(H2,28,36,37)(H3,29,30,31,32,33). The number of nitrogens with two attached hydrogens (primary N) is 1. The van der Waals surface area contributed by atoms with E-state index >= 15 is 4.39 Å². The minimum atomic E-state index is -4.12. The molecule has 38 heavy (non-hydrogen) atoms. The van der Waals surface area contributed by atoms with Gasteiger partial charge in [0.05, 0.1) is 11.1 Å². The van der Waals surface area contributed by atoms with E-state index in [1.807, 2.05) is 4.90 Å². The Morgan fingerprint density at radius 3 is 2.47 bits per heavy atom. The molecule has 0 aliphatic carbocycles. The lowest BCUT2D eigenvalue weighted by Gasteiger charge is -2.35. The molecule has 1 fully saturated rings. The Bertz CT molecular complexity index is 1540. The molecule has 0 saturated carbocycles. The number of likely N-dealkylation sites (N-methyl/N-ethyl adjacent to an activating group) is 1. The van der Waals surface area contributed by atoms with Crippen molar-refractivity contribution in [1.29, 1.82) is 0 Å². The molecule has 2 aromatic carbocycles. The highest BCUT2D eigenvalue weighted by Gasteiger charge is 2.39. The van der Waals surface area contributed by atoms with Crippen molar-refractivity contribution in [3.63, 3.8) is 0 Å². The fraction of sp³-hybridized carbons (Fsp3) is 0.308. The van der Waals surface area contributed by atoms with E-state index in [1.54, 1.807) is 54.7 Å². The number of sulfonamides is 1. The lowest BCUT2D eigenvalue weighted by atomic mass is 10.1. The largest absolute Gasteiger partial charge is 0.367 e. The highest BCUT2D eigenvalue weighted by molar-refractivity contribution is 7.90. The van der Waals surface area contributed by atoms with E-state index in [2.05, 4.69) is 37.4 Å². The molecule has 1 aliphatic heterocycles. The Labute approximate surface area is 221 Å². The van der Waals surface area contributed by atoms with E-state index in [-0.39, 0.29) is 17.6 Å². The smallest absolute Gasteiger partial charge is 0.237 e. The van der Waals surface area contributed by atoms with Gasteiger partial charge in [0.2, 0.25) is 16.0 Å². The molecule has 1 saturated heterocycles. The Morgan fingerprint density at radius 2 is 1.82 bits per heavy atom. The summed E-state index contributed by atoms with van der Waals surface area (Å²) in [4.78, 5) is 14.8. The molecule has 200 valence electrons. The van der Waals surface area contributed by atoms with Gasteiger partial charge in [-0.1, -0.05) is 37.3 Å². The zero-order valence-corrected chi connectivity index (χ0v) is 22.1. The first-order valence-electron chi connectivity index (χ1n) is 12.4. The minimum absolute atomic E-state index is 0.163. The highest BCUT2D eigenvalue weighted by atomic mass is 32.2. The lowest BCUT2D eigenvalue weighted by molar-refractivity contribution is 0.270. The molecule has 0 radical (unpaired) electrons. The number of primary sulfonamides is 1. The van der Waals surface area contributed by atoms with Gasteiger partial charge in [-0.25, -0.2) is 17.9 Å². The number of nitrogens with zero attached hydrogens (tertiary/aromatic N) is 4. The normalized spacial score (nSPS) is 16.4. The molecule has 1 atom stereocenters. The SMILES string of the molecule is CCN1CCN(c2ccc(Nc3nc(NC(C)(c4ccccc4)S(N)(=O)=O)c4cc[nH]c4n3)cc2F)CC1. The van der Waals surface area contributed by atoms with Crippen molar-refractivity contribution in [1.82, 2.24) is 19.9 Å². The van der Waals surface area contributed by atoms with Gasteiger partial charge in [0.25, 0.3) is 0 Å². The van der Waals surface area contributed by atoms with Gasteiger partial charge in [-0.05, 0) is 43.3 Å². The molecule has 0 spiro atoms. The molecule has 12 heteroatoms. The summed E-state index contributed by atoms with van der Waals surface area (Å²) in [6, 6.07) is 15.3. The monoisotopic (exact) mass is 538 g/mol. The van der Waals surface area contributed by atoms with E-state index in [9.17, 15) is 8.42 Å². The lowest BCUT2D eigenvalue weighted by Crippen LogP contribution is -2.46. The summed E-state index contributed by atoms with van der Waals surface area (Å²) >= 11 is 0. The number of anilines is 4. The van der Waals surface area contributed by atoms with Gasteiger partial charge in [0.1, 0.15) is 17.3 Å². The fourth-order valence-corrected chi connectivity index (χ4v) is 5.36. The first kappa shape index (κ1) is 25.9. The molecule has 3 heterocycles. The molecular weight excluding hydrogens is 507 g/mol. The predicted octanol–water partition coefficient (Wildman–Crippen LogP) is 3.56. The second-order valence-corrected chi connectivity index (χ2v) is 11.3. The molecule has 1 unspecified atom stereocenters. The van der Waals surface area contributed by atoms with E-state index in [0.717, 1.165) is 32.7 Å². The number of hydrogen-bond acceptors (Lipinski definition) is 8. The number of aromatic nitrogens is 3. The number of halogens is 1. The second kappa shape index (κ2) is 10.2. The van der Waals surface area contributed by atoms with Crippen molar-refractivity contribution in [3.05, 3.63) is 72.2 Å². The molecule has 1 aliphatic rings. The van der Waals surface area contributed by atoms with E-state index in [1.165, 1.54) is 13.0 Å². The first-order valence-corrected chi connectivity index (χ1v) is 14.0. The maximum absolute atomic E-state index is 15.1. The fourth-order valence-electron chi connectivity index (χ4n) is 4.66. The molecule has 0 amide bonds. The molecule has 5 N–H and O–H groups in total. The van der Waals surface area contributed by atoms with Crippen LogP contribution < -0.4 is 20.7 Å². The van der Waals surface area contributed by atoms with Gasteiger partial charge in [-0.15, -0.1) is 0 Å². The minimum Gasteiger partial charge on any atom is -0.367 e. The van der Waals surface area contributed by atoms with Crippen molar-refractivity contribution in [2.45, 2.75) is 18.7 Å². The molecule has 5 rings (SSSR count). The zero-order valence-electron chi connectivity index (χ0n) is 21.3. The van der Waals surface area contributed by atoms with Crippen LogP contribution in [0.15, 0.2) is 60.8 Å². The summed E-state index contributed by atoms with van der Waals surface area (Å²) in [5, 5.41) is 12.3. The number of nitrogens with one attached hydrogen (secondary N) is 3. The summed E-state index contributed by atoms with van der Waals surface area (Å²) in [5.74, 6) is 0.0751. The maximum atomic E-state index is 15.1. The summed E-state index contributed by atoms with van der Waals surface area (Å²) < 4.78 is 40.6. The van der Waals surface area contributed by atoms with Crippen LogP contribution in [0.1, 0.15) is 19.4 Å². The number of hydrogen-bond donors (Lipinski definition) is 4. The number of aromatic amines is 1. The maximum Gasteiger partial charge on any atom is 0.237 e. The van der Waals surface area contributed by atoms with Crippen LogP contribution in [0, 0.1) is 5.82 Å². The van der Waals surface area contributed by atoms with E-state index in [4.69, 9.17) is 5.14 Å². The Hall–Kier alpha value is -3.74. The van der Waals surface area contributed by atoms with Gasteiger partial charge in [-0.2, -0.15) is 9.97 Å². The third kappa shape index (κ3) is 5.02. The molecule has 2 aromatic heterocycles. The van der Waals surface area contributed by atoms with Crippen LogP contribution in [-0.2, 0) is 14.9 Å². The van der Waals surface area contributed by atoms with Gasteiger partial charge in [0.15, 0.2) is 4.87 Å². The van der Waals surface area contributed by atoms with Gasteiger partial charge < -0.3 is 25.4 Å². The summed E-state index contributed by atoms with van der Waals surface area (Å²) in [5.41, 5.74) is 1.95. The molecule has 10 nitrogen and oxygen atoms in total. The Morgan fingerprint density at radius 1 is 1.08 bits per heavy atom. The number of benzene rings is 2. The van der Waals surface area contributed by atoms with Crippen LogP contribution in [0.5, 0.6) is 0 Å². The van der Waals surface area contributed by atoms with Crippen molar-refractivity contribution >= 4 is 44.2 Å². The Kier molecular flexibility index (Phi) is 6.95. The second-order valence-electron chi connectivity index (χ2n) is 9.42. The van der Waals surface area contributed by atoms with Gasteiger partial charge in [0, 0.05) is 38.1 Å². The highest BCUT2D eigenvalue weighted by Crippen LogP contribution is 2.33. The summed E-state index contributed by atoms with van der Waals surface area (Å²) in [6.45, 7) is 7.93. The number of rotatable bonds is 8. The predicted molar refractivity (Wildman–Crippen MR) is 148 cm³/mol. The summed E-state index contributed by atoms with van der Waals surface area (Å²) in [6.07, 6.45) is 1.68. The topological polar surface area (TPSA) is 132 Å². The van der Waals surface area contributed by atoms with Crippen molar-refractivity contribution < 1.29 is 12.8 Å². The van der Waals surface area contributed by atoms with Crippen molar-refractivity contribution in [2.24, 2.45) is 5.14 Å². The number of fused-ring (bicyclic) bond motifs is 1.